The molecular formula is C69H122O6. The van der Waals surface area contributed by atoms with E-state index in [4.69, 9.17) is 14.2 Å². The fourth-order valence-corrected chi connectivity index (χ4v) is 9.35. The van der Waals surface area contributed by atoms with Gasteiger partial charge in [0.1, 0.15) is 13.2 Å². The van der Waals surface area contributed by atoms with E-state index in [1.54, 1.807) is 0 Å². The van der Waals surface area contributed by atoms with E-state index in [2.05, 4.69) is 93.7 Å². The topological polar surface area (TPSA) is 78.9 Å². The first kappa shape index (κ1) is 71.8. The highest BCUT2D eigenvalue weighted by atomic mass is 16.6. The van der Waals surface area contributed by atoms with Crippen LogP contribution in [0.5, 0.6) is 0 Å². The summed E-state index contributed by atoms with van der Waals surface area (Å²) in [6, 6.07) is 0. The molecule has 0 aromatic rings. The molecule has 0 aliphatic rings. The van der Waals surface area contributed by atoms with Gasteiger partial charge in [-0.05, 0) is 89.9 Å². The molecule has 0 aliphatic heterocycles. The number of carbonyl (C=O) groups excluding carboxylic acids is 3. The van der Waals surface area contributed by atoms with Gasteiger partial charge in [0.15, 0.2) is 6.10 Å². The van der Waals surface area contributed by atoms with E-state index < -0.39 is 6.10 Å². The number of hydrogen-bond donors (Lipinski definition) is 0. The first-order valence-corrected chi connectivity index (χ1v) is 32.4. The average molecular weight is 1050 g/mol. The van der Waals surface area contributed by atoms with Crippen molar-refractivity contribution in [2.45, 2.75) is 335 Å². The molecule has 75 heavy (non-hydrogen) atoms. The molecule has 0 saturated heterocycles. The molecule has 0 aromatic carbocycles. The van der Waals surface area contributed by atoms with Crippen molar-refractivity contribution in [3.05, 3.63) is 72.9 Å². The van der Waals surface area contributed by atoms with Gasteiger partial charge in [-0.3, -0.25) is 14.4 Å². The number of rotatable bonds is 59. The van der Waals surface area contributed by atoms with Crippen molar-refractivity contribution < 1.29 is 28.6 Å². The summed E-state index contributed by atoms with van der Waals surface area (Å²) in [5, 5.41) is 0. The quantitative estimate of drug-likeness (QED) is 0.0261. The molecule has 0 rings (SSSR count). The number of esters is 3. The fraction of sp³-hybridized carbons (Fsp3) is 0.783. The van der Waals surface area contributed by atoms with Crippen LogP contribution in [0.25, 0.3) is 0 Å². The predicted molar refractivity (Wildman–Crippen MR) is 325 cm³/mol. The van der Waals surface area contributed by atoms with Crippen molar-refractivity contribution in [2.24, 2.45) is 0 Å². The Morgan fingerprint density at radius 3 is 0.813 bits per heavy atom. The molecule has 0 N–H and O–H groups in total. The maximum Gasteiger partial charge on any atom is 0.306 e. The van der Waals surface area contributed by atoms with Crippen LogP contribution < -0.4 is 0 Å². The summed E-state index contributed by atoms with van der Waals surface area (Å²) in [4.78, 5) is 38.1. The summed E-state index contributed by atoms with van der Waals surface area (Å²) < 4.78 is 16.8. The monoisotopic (exact) mass is 1050 g/mol. The third-order valence-electron chi connectivity index (χ3n) is 14.2. The molecule has 0 saturated carbocycles. The van der Waals surface area contributed by atoms with Gasteiger partial charge in [-0.2, -0.15) is 0 Å². The normalized spacial score (nSPS) is 12.5. The van der Waals surface area contributed by atoms with Crippen LogP contribution in [-0.4, -0.2) is 37.2 Å². The van der Waals surface area contributed by atoms with Crippen LogP contribution in [-0.2, 0) is 28.6 Å². The Morgan fingerprint density at radius 1 is 0.280 bits per heavy atom. The Morgan fingerprint density at radius 2 is 0.520 bits per heavy atom. The third kappa shape index (κ3) is 61.6. The van der Waals surface area contributed by atoms with Crippen LogP contribution in [0.3, 0.4) is 0 Å². The second-order valence-electron chi connectivity index (χ2n) is 21.6. The molecule has 0 spiro atoms. The van der Waals surface area contributed by atoms with E-state index in [9.17, 15) is 14.4 Å². The minimum Gasteiger partial charge on any atom is -0.462 e. The van der Waals surface area contributed by atoms with E-state index in [-0.39, 0.29) is 31.1 Å². The summed E-state index contributed by atoms with van der Waals surface area (Å²) in [6.45, 7) is 6.51. The lowest BCUT2D eigenvalue weighted by molar-refractivity contribution is -0.167. The van der Waals surface area contributed by atoms with E-state index in [1.165, 1.54) is 199 Å². The Bertz CT molecular complexity index is 1390. The molecule has 0 heterocycles. The minimum absolute atomic E-state index is 0.0734. The Hall–Kier alpha value is -3.15. The molecule has 6 heteroatoms. The predicted octanol–water partition coefficient (Wildman–Crippen LogP) is 22.1. The lowest BCUT2D eigenvalue weighted by Crippen LogP contribution is -2.30. The average Bonchev–Trinajstić information content (AvgIpc) is 3.41. The van der Waals surface area contributed by atoms with Crippen LogP contribution in [0.15, 0.2) is 72.9 Å². The van der Waals surface area contributed by atoms with Gasteiger partial charge >= 0.3 is 17.9 Å². The molecule has 0 bridgehead atoms. The van der Waals surface area contributed by atoms with Crippen LogP contribution in [0, 0.1) is 0 Å². The van der Waals surface area contributed by atoms with Gasteiger partial charge in [0.2, 0.25) is 0 Å². The van der Waals surface area contributed by atoms with Crippen LogP contribution in [0.1, 0.15) is 329 Å². The second-order valence-corrected chi connectivity index (χ2v) is 21.6. The van der Waals surface area contributed by atoms with Crippen molar-refractivity contribution in [1.29, 1.82) is 0 Å². The minimum atomic E-state index is -0.774. The molecule has 0 aromatic heterocycles. The molecular weight excluding hydrogens is 925 g/mol. The highest BCUT2D eigenvalue weighted by Crippen LogP contribution is 2.17. The lowest BCUT2D eigenvalue weighted by atomic mass is 10.0. The Kier molecular flexibility index (Phi) is 60.7. The second kappa shape index (κ2) is 63.4. The van der Waals surface area contributed by atoms with Gasteiger partial charge in [-0.1, -0.05) is 293 Å². The molecule has 434 valence electrons. The standard InChI is InChI=1S/C69H122O6/c1-4-7-10-13-16-18-20-22-24-26-28-30-31-32-33-34-35-36-37-39-40-42-44-46-48-50-53-56-59-62-68(71)74-65-66(64-73-67(70)61-58-55-52-15-12-9-6-3)75-69(72)63-60-57-54-51-49-47-45-43-41-38-29-27-25-23-21-19-17-14-11-8-5-2/h7,10,16,18,21-24,27-30,66H,4-6,8-9,11-15,17,19-20,25-26,31-65H2,1-3H3/b10-7-,18-16-,23-21-,24-22-,29-27-,30-28-. The van der Waals surface area contributed by atoms with Gasteiger partial charge in [-0.15, -0.1) is 0 Å². The first-order valence-electron chi connectivity index (χ1n) is 32.4. The van der Waals surface area contributed by atoms with Crippen molar-refractivity contribution in [3.63, 3.8) is 0 Å². The molecule has 0 radical (unpaired) electrons. The van der Waals surface area contributed by atoms with E-state index in [0.717, 1.165) is 89.9 Å². The summed E-state index contributed by atoms with van der Waals surface area (Å²) in [7, 11) is 0. The van der Waals surface area contributed by atoms with Crippen LogP contribution in [0.4, 0.5) is 0 Å². The lowest BCUT2D eigenvalue weighted by Gasteiger charge is -2.18. The number of ether oxygens (including phenoxy) is 3. The summed E-state index contributed by atoms with van der Waals surface area (Å²) in [5.74, 6) is -0.869. The van der Waals surface area contributed by atoms with E-state index in [1.807, 2.05) is 0 Å². The Labute approximate surface area is 465 Å². The van der Waals surface area contributed by atoms with Crippen molar-refractivity contribution in [1.82, 2.24) is 0 Å². The summed E-state index contributed by atoms with van der Waals surface area (Å²) >= 11 is 0. The molecule has 0 aliphatic carbocycles. The zero-order valence-electron chi connectivity index (χ0n) is 49.8. The van der Waals surface area contributed by atoms with Gasteiger partial charge in [0, 0.05) is 19.3 Å². The largest absolute Gasteiger partial charge is 0.462 e. The number of allylic oxidation sites excluding steroid dienone is 12. The summed E-state index contributed by atoms with van der Waals surface area (Å²) in [5.41, 5.74) is 0. The Balaban J connectivity index is 4.08. The highest BCUT2D eigenvalue weighted by Gasteiger charge is 2.19. The molecule has 1 unspecified atom stereocenters. The van der Waals surface area contributed by atoms with E-state index >= 15 is 0 Å². The molecule has 1 atom stereocenters. The molecule has 6 nitrogen and oxygen atoms in total. The van der Waals surface area contributed by atoms with E-state index in [0.29, 0.717) is 19.3 Å². The summed E-state index contributed by atoms with van der Waals surface area (Å²) in [6.07, 6.45) is 82.3. The first-order chi connectivity index (χ1) is 37.0. The smallest absolute Gasteiger partial charge is 0.306 e. The highest BCUT2D eigenvalue weighted by molar-refractivity contribution is 5.71. The SMILES string of the molecule is CC/C=C\C/C=C\C/C=C\C/C=C\CCCCCCCCCCCCCCCCCCC(=O)OCC(COC(=O)CCCCCCCCC)OC(=O)CCCCCCCCCCC/C=C\C/C=C\CCCCCCC. The number of unbranched alkanes of at least 4 members (excludes halogenated alkanes) is 36. The van der Waals surface area contributed by atoms with Crippen molar-refractivity contribution in [3.8, 4) is 0 Å². The molecule has 0 amide bonds. The third-order valence-corrected chi connectivity index (χ3v) is 14.2. The van der Waals surface area contributed by atoms with Gasteiger partial charge in [-0.25, -0.2) is 0 Å². The molecule has 0 fully saturated rings. The number of hydrogen-bond acceptors (Lipinski definition) is 6. The maximum absolute atomic E-state index is 12.9. The van der Waals surface area contributed by atoms with Crippen molar-refractivity contribution >= 4 is 17.9 Å². The maximum atomic E-state index is 12.9. The van der Waals surface area contributed by atoms with Crippen LogP contribution in [0.2, 0.25) is 0 Å². The zero-order chi connectivity index (χ0) is 54.3. The van der Waals surface area contributed by atoms with Crippen molar-refractivity contribution in [2.75, 3.05) is 13.2 Å². The van der Waals surface area contributed by atoms with Gasteiger partial charge in [0.05, 0.1) is 0 Å². The zero-order valence-corrected chi connectivity index (χ0v) is 49.8. The van der Waals surface area contributed by atoms with Gasteiger partial charge < -0.3 is 14.2 Å². The van der Waals surface area contributed by atoms with Crippen LogP contribution >= 0.6 is 0 Å². The number of carbonyl (C=O) groups is 3. The fourth-order valence-electron chi connectivity index (χ4n) is 9.35. The van der Waals surface area contributed by atoms with Gasteiger partial charge in [0.25, 0.3) is 0 Å².